The second kappa shape index (κ2) is 10.0. The Hall–Kier alpha value is -2.06. The summed E-state index contributed by atoms with van der Waals surface area (Å²) in [6, 6.07) is 14.5. The number of benzene rings is 3. The molecule has 162 valence electrons. The first-order valence-corrected chi connectivity index (χ1v) is 12.1. The number of hydrogen-bond acceptors (Lipinski definition) is 5. The van der Waals surface area contributed by atoms with Crippen LogP contribution in [0.15, 0.2) is 69.0 Å². The summed E-state index contributed by atoms with van der Waals surface area (Å²) >= 11 is 15.3. The predicted octanol–water partition coefficient (Wildman–Crippen LogP) is 6.98. The molecule has 0 spiro atoms. The van der Waals surface area contributed by atoms with Crippen LogP contribution in [0.4, 0.5) is 5.69 Å². The van der Waals surface area contributed by atoms with Gasteiger partial charge in [0.1, 0.15) is 4.90 Å². The molecule has 0 bridgehead atoms. The zero-order chi connectivity index (χ0) is 22.6. The fourth-order valence-corrected chi connectivity index (χ4v) is 4.53. The van der Waals surface area contributed by atoms with Crippen molar-refractivity contribution in [1.82, 2.24) is 0 Å². The summed E-state index contributed by atoms with van der Waals surface area (Å²) in [5.74, 6) is 0.312. The number of halogens is 3. The highest BCUT2D eigenvalue weighted by molar-refractivity contribution is 9.10. The average Bonchev–Trinajstić information content (AvgIpc) is 2.71. The van der Waals surface area contributed by atoms with E-state index in [9.17, 15) is 8.42 Å². The minimum Gasteiger partial charge on any atom is -0.490 e. The van der Waals surface area contributed by atoms with E-state index in [1.165, 1.54) is 24.3 Å². The third-order valence-corrected chi connectivity index (χ3v) is 6.46. The normalized spacial score (nSPS) is 11.6. The van der Waals surface area contributed by atoms with Crippen LogP contribution in [0, 0.1) is 6.92 Å². The lowest BCUT2D eigenvalue weighted by Gasteiger charge is -2.14. The molecule has 3 rings (SSSR count). The summed E-state index contributed by atoms with van der Waals surface area (Å²) in [6.07, 6.45) is 1.64. The maximum Gasteiger partial charge on any atom is 0.339 e. The van der Waals surface area contributed by atoms with Crippen molar-refractivity contribution in [2.75, 3.05) is 6.61 Å². The number of rotatable bonds is 7. The van der Waals surface area contributed by atoms with E-state index >= 15 is 0 Å². The molecule has 3 aromatic rings. The Labute approximate surface area is 199 Å². The number of ether oxygens (including phenoxy) is 1. The van der Waals surface area contributed by atoms with Gasteiger partial charge in [0.15, 0.2) is 11.5 Å². The number of hydrogen-bond donors (Lipinski definition) is 0. The van der Waals surface area contributed by atoms with Gasteiger partial charge in [-0.25, -0.2) is 0 Å². The van der Waals surface area contributed by atoms with Gasteiger partial charge in [0, 0.05) is 16.3 Å². The molecule has 0 aliphatic carbocycles. The molecule has 0 aliphatic rings. The van der Waals surface area contributed by atoms with Gasteiger partial charge in [0.25, 0.3) is 0 Å². The Morgan fingerprint density at radius 1 is 1.03 bits per heavy atom. The first kappa shape index (κ1) is 23.6. The van der Waals surface area contributed by atoms with Crippen LogP contribution in [0.3, 0.4) is 0 Å². The fraction of sp³-hybridized carbons (Fsp3) is 0.136. The molecule has 5 nitrogen and oxygen atoms in total. The second-order valence-electron chi connectivity index (χ2n) is 6.44. The summed E-state index contributed by atoms with van der Waals surface area (Å²) in [4.78, 5) is 4.46. The standard InChI is InChI=1S/C22H18BrCl2NO4S/c1-3-29-21-11-15(13-26-20-12-17(25)5-4-14(20)2)10-19(23)22(21)30-31(27,28)18-8-6-16(24)7-9-18/h4-13H,3H2,1-2H3. The van der Waals surface area contributed by atoms with E-state index in [0.717, 1.165) is 11.3 Å². The first-order valence-electron chi connectivity index (χ1n) is 9.16. The molecule has 0 N–H and O–H groups in total. The summed E-state index contributed by atoms with van der Waals surface area (Å²) in [5, 5.41) is 1.01. The second-order valence-corrected chi connectivity index (χ2v) is 9.72. The Kier molecular flexibility index (Phi) is 7.64. The highest BCUT2D eigenvalue weighted by Gasteiger charge is 2.22. The third kappa shape index (κ3) is 6.01. The van der Waals surface area contributed by atoms with E-state index in [1.807, 2.05) is 13.0 Å². The topological polar surface area (TPSA) is 65.0 Å². The van der Waals surface area contributed by atoms with Gasteiger partial charge in [-0.2, -0.15) is 8.42 Å². The lowest BCUT2D eigenvalue weighted by molar-refractivity contribution is 0.327. The van der Waals surface area contributed by atoms with Gasteiger partial charge in [-0.15, -0.1) is 0 Å². The van der Waals surface area contributed by atoms with E-state index < -0.39 is 10.1 Å². The van der Waals surface area contributed by atoms with Crippen molar-refractivity contribution in [1.29, 1.82) is 0 Å². The molecule has 0 unspecified atom stereocenters. The van der Waals surface area contributed by atoms with Crippen LogP contribution in [0.25, 0.3) is 0 Å². The van der Waals surface area contributed by atoms with Gasteiger partial charge >= 0.3 is 10.1 Å². The van der Waals surface area contributed by atoms with Crippen LogP contribution in [0.1, 0.15) is 18.1 Å². The van der Waals surface area contributed by atoms with E-state index in [0.29, 0.717) is 26.7 Å². The van der Waals surface area contributed by atoms with E-state index in [1.54, 1.807) is 37.4 Å². The predicted molar refractivity (Wildman–Crippen MR) is 128 cm³/mol. The Bertz CT molecular complexity index is 1230. The molecule has 0 aliphatic heterocycles. The smallest absolute Gasteiger partial charge is 0.339 e. The van der Waals surface area contributed by atoms with Gasteiger partial charge in [0.2, 0.25) is 0 Å². The van der Waals surface area contributed by atoms with Crippen LogP contribution in [-0.2, 0) is 10.1 Å². The monoisotopic (exact) mass is 541 g/mol. The minimum atomic E-state index is -4.09. The van der Waals surface area contributed by atoms with Gasteiger partial charge in [-0.3, -0.25) is 4.99 Å². The van der Waals surface area contributed by atoms with Crippen molar-refractivity contribution in [2.24, 2.45) is 4.99 Å². The molecule has 3 aromatic carbocycles. The van der Waals surface area contributed by atoms with Crippen LogP contribution in [0.2, 0.25) is 10.0 Å². The van der Waals surface area contributed by atoms with Gasteiger partial charge in [-0.1, -0.05) is 29.3 Å². The molecule has 9 heteroatoms. The molecular weight excluding hydrogens is 525 g/mol. The van der Waals surface area contributed by atoms with E-state index in [2.05, 4.69) is 20.9 Å². The minimum absolute atomic E-state index is 0.0201. The first-order chi connectivity index (χ1) is 14.7. The molecular formula is C22H18BrCl2NO4S. The zero-order valence-electron chi connectivity index (χ0n) is 16.6. The third-order valence-electron chi connectivity index (χ3n) is 4.15. The fourth-order valence-electron chi connectivity index (χ4n) is 2.63. The van der Waals surface area contributed by atoms with Crippen LogP contribution in [-0.4, -0.2) is 21.2 Å². The average molecular weight is 543 g/mol. The lowest BCUT2D eigenvalue weighted by atomic mass is 10.2. The zero-order valence-corrected chi connectivity index (χ0v) is 20.5. The quantitative estimate of drug-likeness (QED) is 0.238. The SMILES string of the molecule is CCOc1cc(C=Nc2cc(Cl)ccc2C)cc(Br)c1OS(=O)(=O)c1ccc(Cl)cc1. The van der Waals surface area contributed by atoms with Crippen LogP contribution >= 0.6 is 39.1 Å². The summed E-state index contributed by atoms with van der Waals surface area (Å²) in [5.41, 5.74) is 2.39. The molecule has 0 saturated carbocycles. The van der Waals surface area contributed by atoms with Gasteiger partial charge in [-0.05, 0) is 89.4 Å². The van der Waals surface area contributed by atoms with E-state index in [4.69, 9.17) is 32.1 Å². The van der Waals surface area contributed by atoms with Crippen LogP contribution < -0.4 is 8.92 Å². The number of aryl methyl sites for hydroxylation is 1. The lowest BCUT2D eigenvalue weighted by Crippen LogP contribution is -2.11. The largest absolute Gasteiger partial charge is 0.490 e. The summed E-state index contributed by atoms with van der Waals surface area (Å²) < 4.78 is 36.8. The van der Waals surface area contributed by atoms with Crippen LogP contribution in [0.5, 0.6) is 11.5 Å². The van der Waals surface area contributed by atoms with Crippen molar-refractivity contribution >= 4 is 61.2 Å². The van der Waals surface area contributed by atoms with Crippen molar-refractivity contribution < 1.29 is 17.3 Å². The van der Waals surface area contributed by atoms with Gasteiger partial charge in [0.05, 0.1) is 16.8 Å². The van der Waals surface area contributed by atoms with Crippen molar-refractivity contribution in [3.63, 3.8) is 0 Å². The summed E-state index contributed by atoms with van der Waals surface area (Å²) in [7, 11) is -4.09. The molecule has 31 heavy (non-hydrogen) atoms. The molecule has 0 fully saturated rings. The highest BCUT2D eigenvalue weighted by Crippen LogP contribution is 2.38. The summed E-state index contributed by atoms with van der Waals surface area (Å²) in [6.45, 7) is 4.04. The highest BCUT2D eigenvalue weighted by atomic mass is 79.9. The molecule has 0 radical (unpaired) electrons. The molecule has 0 saturated heterocycles. The Morgan fingerprint density at radius 2 is 1.71 bits per heavy atom. The van der Waals surface area contributed by atoms with Gasteiger partial charge < -0.3 is 8.92 Å². The maximum absolute atomic E-state index is 12.7. The number of aliphatic imine (C=N–C) groups is 1. The van der Waals surface area contributed by atoms with Crippen molar-refractivity contribution in [2.45, 2.75) is 18.7 Å². The molecule has 0 atom stereocenters. The van der Waals surface area contributed by atoms with E-state index in [-0.39, 0.29) is 16.4 Å². The number of nitrogens with zero attached hydrogens (tertiary/aromatic N) is 1. The Morgan fingerprint density at radius 3 is 2.39 bits per heavy atom. The van der Waals surface area contributed by atoms with Crippen molar-refractivity contribution in [3.05, 3.63) is 80.2 Å². The van der Waals surface area contributed by atoms with Crippen molar-refractivity contribution in [3.8, 4) is 11.5 Å². The Balaban J connectivity index is 1.96. The molecule has 0 aromatic heterocycles. The molecule has 0 amide bonds. The maximum atomic E-state index is 12.7. The molecule has 0 heterocycles.